The van der Waals surface area contributed by atoms with Crippen LogP contribution in [0, 0.1) is 5.92 Å². The van der Waals surface area contributed by atoms with Gasteiger partial charge in [0.1, 0.15) is 0 Å². The summed E-state index contributed by atoms with van der Waals surface area (Å²) in [6, 6.07) is 0. The Bertz CT molecular complexity index is 306. The van der Waals surface area contributed by atoms with Crippen LogP contribution in [-0.4, -0.2) is 45.5 Å². The minimum absolute atomic E-state index is 0.0778. The van der Waals surface area contributed by atoms with Crippen LogP contribution in [0.3, 0.4) is 0 Å². The Morgan fingerprint density at radius 3 is 2.33 bits per heavy atom. The van der Waals surface area contributed by atoms with E-state index in [0.717, 1.165) is 17.5 Å². The highest BCUT2D eigenvalue weighted by atomic mass is 32.2. The van der Waals surface area contributed by atoms with E-state index in [2.05, 4.69) is 0 Å². The molecule has 7 heteroatoms. The van der Waals surface area contributed by atoms with Gasteiger partial charge in [0.15, 0.2) is 5.12 Å². The summed E-state index contributed by atoms with van der Waals surface area (Å²) in [6.07, 6.45) is -1.12. The largest absolute Gasteiger partial charge is 0.478 e. The van der Waals surface area contributed by atoms with E-state index in [4.69, 9.17) is 9.84 Å². The second-order valence-corrected chi connectivity index (χ2v) is 6.14. The van der Waals surface area contributed by atoms with Crippen molar-refractivity contribution in [3.63, 3.8) is 0 Å². The third-order valence-electron chi connectivity index (χ3n) is 1.95. The average molecular weight is 294 g/mol. The van der Waals surface area contributed by atoms with Crippen molar-refractivity contribution in [3.05, 3.63) is 0 Å². The average Bonchev–Trinajstić information content (AvgIpc) is 2.30. The standard InChI is InChI=1S/C11H18O5S2/c1-4-17-6-9(10(13)14)16-11(15)7(2)5-18-8(3)12/h7,9H,4-6H2,1-3H3,(H,13,14)/t7-,9?/m0/s1. The van der Waals surface area contributed by atoms with Crippen molar-refractivity contribution >= 4 is 40.6 Å². The molecule has 0 saturated carbocycles. The number of ether oxygens (including phenoxy) is 1. The summed E-state index contributed by atoms with van der Waals surface area (Å²) in [5, 5.41) is 8.82. The molecule has 0 amide bonds. The van der Waals surface area contributed by atoms with Crippen molar-refractivity contribution in [1.29, 1.82) is 0 Å². The first-order valence-electron chi connectivity index (χ1n) is 5.52. The number of carbonyl (C=O) groups is 3. The molecular formula is C11H18O5S2. The Labute approximate surface area is 115 Å². The van der Waals surface area contributed by atoms with E-state index in [0.29, 0.717) is 5.75 Å². The molecule has 5 nitrogen and oxygen atoms in total. The predicted molar refractivity (Wildman–Crippen MR) is 72.8 cm³/mol. The molecule has 0 aromatic rings. The fraction of sp³-hybridized carbons (Fsp3) is 0.727. The molecule has 0 aromatic heterocycles. The van der Waals surface area contributed by atoms with Crippen LogP contribution < -0.4 is 0 Å². The molecule has 1 N–H and O–H groups in total. The Balaban J connectivity index is 4.22. The number of rotatable bonds is 8. The highest BCUT2D eigenvalue weighted by molar-refractivity contribution is 8.13. The third kappa shape index (κ3) is 7.60. The van der Waals surface area contributed by atoms with E-state index >= 15 is 0 Å². The van der Waals surface area contributed by atoms with Gasteiger partial charge < -0.3 is 9.84 Å². The zero-order valence-electron chi connectivity index (χ0n) is 10.7. The summed E-state index contributed by atoms with van der Waals surface area (Å²) >= 11 is 2.43. The summed E-state index contributed by atoms with van der Waals surface area (Å²) < 4.78 is 4.92. The maximum Gasteiger partial charge on any atom is 0.345 e. The van der Waals surface area contributed by atoms with Crippen LogP contribution in [0.25, 0.3) is 0 Å². The Hall–Kier alpha value is -0.690. The van der Waals surface area contributed by atoms with Crippen molar-refractivity contribution in [3.8, 4) is 0 Å². The predicted octanol–water partition coefficient (Wildman–Crippen LogP) is 1.65. The van der Waals surface area contributed by atoms with Crippen LogP contribution in [0.2, 0.25) is 0 Å². The van der Waals surface area contributed by atoms with Crippen LogP contribution in [0.4, 0.5) is 0 Å². The van der Waals surface area contributed by atoms with Crippen molar-refractivity contribution < 1.29 is 24.2 Å². The summed E-state index contributed by atoms with van der Waals surface area (Å²) in [7, 11) is 0. The molecule has 0 aliphatic heterocycles. The van der Waals surface area contributed by atoms with Gasteiger partial charge in [-0.15, -0.1) is 0 Å². The molecule has 0 aliphatic rings. The lowest BCUT2D eigenvalue weighted by Gasteiger charge is -2.16. The van der Waals surface area contributed by atoms with Gasteiger partial charge in [0.2, 0.25) is 6.10 Å². The van der Waals surface area contributed by atoms with Gasteiger partial charge in [0, 0.05) is 18.4 Å². The second-order valence-electron chi connectivity index (χ2n) is 3.63. The Morgan fingerprint density at radius 1 is 1.28 bits per heavy atom. The number of aliphatic carboxylic acids is 1. The Morgan fingerprint density at radius 2 is 1.89 bits per heavy atom. The summed E-state index contributed by atoms with van der Waals surface area (Å²) in [5.41, 5.74) is 0. The van der Waals surface area contributed by atoms with Crippen molar-refractivity contribution in [2.75, 3.05) is 17.3 Å². The first-order chi connectivity index (χ1) is 8.38. The monoisotopic (exact) mass is 294 g/mol. The van der Waals surface area contributed by atoms with Crippen molar-refractivity contribution in [2.45, 2.75) is 26.9 Å². The number of carboxylic acid groups (broad SMARTS) is 1. The van der Waals surface area contributed by atoms with Gasteiger partial charge in [0.25, 0.3) is 0 Å². The molecule has 104 valence electrons. The number of esters is 1. The Kier molecular flexibility index (Phi) is 8.91. The minimum Gasteiger partial charge on any atom is -0.478 e. The molecule has 0 saturated heterocycles. The smallest absolute Gasteiger partial charge is 0.345 e. The first kappa shape index (κ1) is 17.3. The lowest BCUT2D eigenvalue weighted by molar-refractivity contribution is -0.164. The van der Waals surface area contributed by atoms with Gasteiger partial charge in [-0.3, -0.25) is 9.59 Å². The zero-order chi connectivity index (χ0) is 14.1. The molecule has 0 radical (unpaired) electrons. The molecule has 0 rings (SSSR count). The van der Waals surface area contributed by atoms with Crippen molar-refractivity contribution in [2.24, 2.45) is 5.92 Å². The van der Waals surface area contributed by atoms with Gasteiger partial charge in [-0.25, -0.2) is 4.79 Å². The summed E-state index contributed by atoms with van der Waals surface area (Å²) in [4.78, 5) is 33.2. The number of hydrogen-bond acceptors (Lipinski definition) is 6. The van der Waals surface area contributed by atoms with Gasteiger partial charge >= 0.3 is 11.9 Å². The van der Waals surface area contributed by atoms with Gasteiger partial charge in [-0.1, -0.05) is 25.6 Å². The summed E-state index contributed by atoms with van der Waals surface area (Å²) in [5.74, 6) is -0.904. The second kappa shape index (κ2) is 9.27. The van der Waals surface area contributed by atoms with Crippen molar-refractivity contribution in [1.82, 2.24) is 0 Å². The lowest BCUT2D eigenvalue weighted by Crippen LogP contribution is -2.32. The molecule has 18 heavy (non-hydrogen) atoms. The van der Waals surface area contributed by atoms with Crippen LogP contribution in [-0.2, 0) is 19.1 Å². The van der Waals surface area contributed by atoms with Crippen LogP contribution in [0.5, 0.6) is 0 Å². The zero-order valence-corrected chi connectivity index (χ0v) is 12.3. The highest BCUT2D eigenvalue weighted by Crippen LogP contribution is 2.13. The van der Waals surface area contributed by atoms with Crippen LogP contribution >= 0.6 is 23.5 Å². The molecule has 0 aliphatic carbocycles. The fourth-order valence-corrected chi connectivity index (χ4v) is 2.23. The van der Waals surface area contributed by atoms with E-state index in [1.807, 2.05) is 6.92 Å². The van der Waals surface area contributed by atoms with Gasteiger partial charge in [-0.2, -0.15) is 11.8 Å². The van der Waals surface area contributed by atoms with E-state index in [1.165, 1.54) is 18.7 Å². The first-order valence-corrected chi connectivity index (χ1v) is 7.66. The molecule has 0 spiro atoms. The number of carboxylic acids is 1. The molecule has 0 heterocycles. The van der Waals surface area contributed by atoms with Crippen LogP contribution in [0.15, 0.2) is 0 Å². The van der Waals surface area contributed by atoms with Gasteiger partial charge in [0.05, 0.1) is 5.92 Å². The third-order valence-corrected chi connectivity index (χ3v) is 3.97. The van der Waals surface area contributed by atoms with E-state index in [-0.39, 0.29) is 10.9 Å². The number of hydrogen-bond donors (Lipinski definition) is 1. The molecule has 1 unspecified atom stereocenters. The topological polar surface area (TPSA) is 80.7 Å². The number of carbonyl (C=O) groups excluding carboxylic acids is 2. The quantitative estimate of drug-likeness (QED) is 0.682. The minimum atomic E-state index is -1.14. The number of thioether (sulfide) groups is 2. The summed E-state index contributed by atoms with van der Waals surface area (Å²) in [6.45, 7) is 4.93. The van der Waals surface area contributed by atoms with E-state index < -0.39 is 24.0 Å². The van der Waals surface area contributed by atoms with E-state index in [9.17, 15) is 14.4 Å². The maximum absolute atomic E-state index is 11.6. The normalized spacial score (nSPS) is 13.7. The lowest BCUT2D eigenvalue weighted by atomic mass is 10.2. The van der Waals surface area contributed by atoms with Crippen LogP contribution in [0.1, 0.15) is 20.8 Å². The molecule has 0 aromatic carbocycles. The molecular weight excluding hydrogens is 276 g/mol. The van der Waals surface area contributed by atoms with E-state index in [1.54, 1.807) is 6.92 Å². The molecule has 2 atom stereocenters. The van der Waals surface area contributed by atoms with Gasteiger partial charge in [-0.05, 0) is 5.75 Å². The fourth-order valence-electron chi connectivity index (χ4n) is 0.947. The molecule has 0 bridgehead atoms. The molecule has 0 fully saturated rings. The highest BCUT2D eigenvalue weighted by Gasteiger charge is 2.25. The SMILES string of the molecule is CCSCC(OC(=O)[C@@H](C)CSC(C)=O)C(=O)O. The maximum atomic E-state index is 11.6.